The Morgan fingerprint density at radius 1 is 1.26 bits per heavy atom. The Morgan fingerprint density at radius 3 is 2.47 bits per heavy atom. The maximum atomic E-state index is 12.4. The summed E-state index contributed by atoms with van der Waals surface area (Å²) < 4.78 is 34.7. The Balaban J connectivity index is 2.01. The van der Waals surface area contributed by atoms with Gasteiger partial charge in [-0.15, -0.1) is 0 Å². The highest BCUT2D eigenvalue weighted by atomic mass is 32.2. The molecule has 1 saturated carbocycles. The second-order valence-corrected chi connectivity index (χ2v) is 7.43. The Bertz CT molecular complexity index is 391. The van der Waals surface area contributed by atoms with Gasteiger partial charge in [-0.05, 0) is 39.2 Å². The van der Waals surface area contributed by atoms with Crippen LogP contribution in [0.3, 0.4) is 0 Å². The van der Waals surface area contributed by atoms with Crippen LogP contribution in [-0.4, -0.2) is 50.6 Å². The summed E-state index contributed by atoms with van der Waals surface area (Å²) in [5.41, 5.74) is 5.70. The average molecular weight is 291 g/mol. The lowest BCUT2D eigenvalue weighted by molar-refractivity contribution is -0.0445. The number of nitrogens with two attached hydrogens (primary N) is 1. The van der Waals surface area contributed by atoms with E-state index in [0.717, 1.165) is 19.3 Å². The van der Waals surface area contributed by atoms with Crippen molar-refractivity contribution in [1.82, 2.24) is 9.03 Å². The molecule has 19 heavy (non-hydrogen) atoms. The van der Waals surface area contributed by atoms with Gasteiger partial charge in [-0.3, -0.25) is 0 Å². The lowest BCUT2D eigenvalue weighted by Crippen LogP contribution is -2.54. The van der Waals surface area contributed by atoms with Gasteiger partial charge < -0.3 is 10.5 Å². The summed E-state index contributed by atoms with van der Waals surface area (Å²) in [4.78, 5) is 0. The van der Waals surface area contributed by atoms with Crippen LogP contribution in [0.25, 0.3) is 0 Å². The first-order valence-electron chi connectivity index (χ1n) is 7.05. The Morgan fingerprint density at radius 2 is 1.89 bits per heavy atom. The van der Waals surface area contributed by atoms with Gasteiger partial charge in [-0.2, -0.15) is 17.4 Å². The summed E-state index contributed by atoms with van der Waals surface area (Å²) in [6, 6.07) is -0.0107. The molecule has 3 N–H and O–H groups in total. The first-order chi connectivity index (χ1) is 8.92. The minimum Gasteiger partial charge on any atom is -0.373 e. The van der Waals surface area contributed by atoms with E-state index in [2.05, 4.69) is 4.72 Å². The third kappa shape index (κ3) is 3.66. The van der Waals surface area contributed by atoms with Gasteiger partial charge in [-0.25, -0.2) is 0 Å². The van der Waals surface area contributed by atoms with Gasteiger partial charge in [-0.1, -0.05) is 6.42 Å². The van der Waals surface area contributed by atoms with Crippen LogP contribution in [0.4, 0.5) is 0 Å². The van der Waals surface area contributed by atoms with Crippen LogP contribution in [0.15, 0.2) is 0 Å². The molecule has 1 aliphatic carbocycles. The smallest absolute Gasteiger partial charge is 0.279 e. The summed E-state index contributed by atoms with van der Waals surface area (Å²) in [5, 5.41) is 0. The zero-order chi connectivity index (χ0) is 14.0. The summed E-state index contributed by atoms with van der Waals surface area (Å²) >= 11 is 0. The minimum atomic E-state index is -3.43. The molecule has 0 aromatic heterocycles. The molecule has 1 aliphatic heterocycles. The van der Waals surface area contributed by atoms with Crippen molar-refractivity contribution in [3.05, 3.63) is 0 Å². The highest BCUT2D eigenvalue weighted by molar-refractivity contribution is 7.87. The number of nitrogens with zero attached hydrogens (tertiary/aromatic N) is 1. The van der Waals surface area contributed by atoms with Gasteiger partial charge in [0.1, 0.15) is 0 Å². The maximum Gasteiger partial charge on any atom is 0.279 e. The van der Waals surface area contributed by atoms with E-state index in [-0.39, 0.29) is 24.2 Å². The van der Waals surface area contributed by atoms with Gasteiger partial charge in [0.15, 0.2) is 0 Å². The zero-order valence-corrected chi connectivity index (χ0v) is 12.5. The fourth-order valence-electron chi connectivity index (χ4n) is 3.07. The second kappa shape index (κ2) is 6.05. The van der Waals surface area contributed by atoms with Crippen LogP contribution in [0.2, 0.25) is 0 Å². The summed E-state index contributed by atoms with van der Waals surface area (Å²) in [6.07, 6.45) is 2.82. The highest BCUT2D eigenvalue weighted by Gasteiger charge is 2.35. The first-order valence-corrected chi connectivity index (χ1v) is 8.49. The van der Waals surface area contributed by atoms with E-state index in [0.29, 0.717) is 19.6 Å². The lowest BCUT2D eigenvalue weighted by atomic mass is 10.1. The molecule has 0 aromatic carbocycles. The van der Waals surface area contributed by atoms with E-state index in [4.69, 9.17) is 10.5 Å². The standard InChI is InChI=1S/C12H25N3O3S/c1-9-7-15(8-10(2)18-9)19(16,17)14-12-5-3-4-11(12)6-13/h9-12,14H,3-8,13H2,1-2H3/t9-,10+,11-,12-/m1/s1. The molecule has 112 valence electrons. The van der Waals surface area contributed by atoms with Gasteiger partial charge in [0.2, 0.25) is 0 Å². The average Bonchev–Trinajstić information content (AvgIpc) is 2.74. The molecule has 2 rings (SSSR count). The topological polar surface area (TPSA) is 84.7 Å². The molecule has 0 aromatic rings. The third-order valence-electron chi connectivity index (χ3n) is 3.99. The van der Waals surface area contributed by atoms with Crippen molar-refractivity contribution in [3.8, 4) is 0 Å². The molecular formula is C12H25N3O3S. The second-order valence-electron chi connectivity index (χ2n) is 5.73. The monoisotopic (exact) mass is 291 g/mol. The highest BCUT2D eigenvalue weighted by Crippen LogP contribution is 2.26. The van der Waals surface area contributed by atoms with Crippen LogP contribution < -0.4 is 10.5 Å². The third-order valence-corrected chi connectivity index (χ3v) is 5.57. The van der Waals surface area contributed by atoms with Crippen molar-refractivity contribution < 1.29 is 13.2 Å². The Labute approximate surface area is 115 Å². The molecule has 1 saturated heterocycles. The molecule has 1 heterocycles. The van der Waals surface area contributed by atoms with Crippen molar-refractivity contribution in [2.45, 2.75) is 51.4 Å². The molecule has 0 bridgehead atoms. The largest absolute Gasteiger partial charge is 0.373 e. The van der Waals surface area contributed by atoms with E-state index < -0.39 is 10.2 Å². The van der Waals surface area contributed by atoms with Crippen LogP contribution >= 0.6 is 0 Å². The fraction of sp³-hybridized carbons (Fsp3) is 1.00. The SMILES string of the molecule is C[C@@H]1CN(S(=O)(=O)N[C@@H]2CCC[C@@H]2CN)C[C@H](C)O1. The molecule has 0 spiro atoms. The molecule has 2 fully saturated rings. The summed E-state index contributed by atoms with van der Waals surface area (Å²) in [5.74, 6) is 0.269. The molecule has 2 aliphatic rings. The number of nitrogens with one attached hydrogen (secondary N) is 1. The predicted octanol–water partition coefficient (Wildman–Crippen LogP) is 0.0574. The maximum absolute atomic E-state index is 12.4. The van der Waals surface area contributed by atoms with E-state index >= 15 is 0 Å². The van der Waals surface area contributed by atoms with Crippen molar-refractivity contribution in [2.75, 3.05) is 19.6 Å². The van der Waals surface area contributed by atoms with Crippen molar-refractivity contribution in [3.63, 3.8) is 0 Å². The quantitative estimate of drug-likeness (QED) is 0.767. The molecule has 7 heteroatoms. The Hall–Kier alpha value is -0.210. The predicted molar refractivity (Wildman–Crippen MR) is 73.8 cm³/mol. The van der Waals surface area contributed by atoms with Crippen molar-refractivity contribution >= 4 is 10.2 Å². The minimum absolute atomic E-state index is 0.0107. The lowest BCUT2D eigenvalue weighted by Gasteiger charge is -2.35. The van der Waals surface area contributed by atoms with E-state index in [1.54, 1.807) is 0 Å². The van der Waals surface area contributed by atoms with Gasteiger partial charge in [0.25, 0.3) is 10.2 Å². The first kappa shape index (κ1) is 15.2. The van der Waals surface area contributed by atoms with Crippen LogP contribution in [-0.2, 0) is 14.9 Å². The zero-order valence-electron chi connectivity index (χ0n) is 11.7. The molecular weight excluding hydrogens is 266 g/mol. The molecule has 0 radical (unpaired) electrons. The fourth-order valence-corrected chi connectivity index (χ4v) is 4.72. The van der Waals surface area contributed by atoms with Crippen LogP contribution in [0.5, 0.6) is 0 Å². The number of hydrogen-bond acceptors (Lipinski definition) is 4. The number of ether oxygens (including phenoxy) is 1. The van der Waals surface area contributed by atoms with Crippen molar-refractivity contribution in [1.29, 1.82) is 0 Å². The summed E-state index contributed by atoms with van der Waals surface area (Å²) in [7, 11) is -3.43. The number of morpholine rings is 1. The van der Waals surface area contributed by atoms with Crippen LogP contribution in [0, 0.1) is 5.92 Å². The molecule has 0 amide bonds. The van der Waals surface area contributed by atoms with Crippen molar-refractivity contribution in [2.24, 2.45) is 11.7 Å². The van der Waals surface area contributed by atoms with E-state index in [9.17, 15) is 8.42 Å². The number of hydrogen-bond donors (Lipinski definition) is 2. The number of rotatable bonds is 4. The van der Waals surface area contributed by atoms with E-state index in [1.165, 1.54) is 4.31 Å². The Kier molecular flexibility index (Phi) is 4.84. The molecule has 0 unspecified atom stereocenters. The molecule has 4 atom stereocenters. The van der Waals surface area contributed by atoms with E-state index in [1.807, 2.05) is 13.8 Å². The van der Waals surface area contributed by atoms with Crippen LogP contribution in [0.1, 0.15) is 33.1 Å². The summed E-state index contributed by atoms with van der Waals surface area (Å²) in [6.45, 7) is 5.18. The normalized spacial score (nSPS) is 37.6. The van der Waals surface area contributed by atoms with Gasteiger partial charge in [0, 0.05) is 19.1 Å². The molecule has 6 nitrogen and oxygen atoms in total. The van der Waals surface area contributed by atoms with Gasteiger partial charge in [0.05, 0.1) is 12.2 Å². The van der Waals surface area contributed by atoms with Gasteiger partial charge >= 0.3 is 0 Å².